The minimum absolute atomic E-state index is 0.273. The van der Waals surface area contributed by atoms with Gasteiger partial charge in [-0.3, -0.25) is 0 Å². The first-order chi connectivity index (χ1) is 14.5. The van der Waals surface area contributed by atoms with Gasteiger partial charge in [-0.25, -0.2) is 9.47 Å². The molecular weight excluding hydrogens is 370 g/mol. The number of fused-ring (bicyclic) bond motifs is 3. The maximum Gasteiger partial charge on any atom is 0.283 e. The molecule has 4 heteroatoms. The van der Waals surface area contributed by atoms with Crippen molar-refractivity contribution in [2.75, 3.05) is 4.90 Å². The fourth-order valence-electron chi connectivity index (χ4n) is 4.70. The Balaban J connectivity index is 1.69. The van der Waals surface area contributed by atoms with E-state index in [9.17, 15) is 0 Å². The lowest BCUT2D eigenvalue weighted by Crippen LogP contribution is -2.45. The van der Waals surface area contributed by atoms with Gasteiger partial charge in [-0.2, -0.15) is 0 Å². The van der Waals surface area contributed by atoms with Crippen LogP contribution in [0.2, 0.25) is 0 Å². The van der Waals surface area contributed by atoms with Crippen molar-refractivity contribution in [3.05, 3.63) is 72.6 Å². The molecule has 30 heavy (non-hydrogen) atoms. The van der Waals surface area contributed by atoms with Gasteiger partial charge in [0.05, 0.1) is 12.6 Å². The largest absolute Gasteiger partial charge is 0.455 e. The summed E-state index contributed by atoms with van der Waals surface area (Å²) in [7, 11) is 2.14. The van der Waals surface area contributed by atoms with Gasteiger partial charge in [0.25, 0.3) is 5.82 Å². The number of para-hydroxylation sites is 1. The Bertz CT molecular complexity index is 1280. The molecule has 0 radical (unpaired) electrons. The maximum absolute atomic E-state index is 6.36. The zero-order valence-corrected chi connectivity index (χ0v) is 18.3. The number of pyridine rings is 1. The molecule has 0 saturated heterocycles. The van der Waals surface area contributed by atoms with Crippen molar-refractivity contribution in [2.24, 2.45) is 7.05 Å². The highest BCUT2D eigenvalue weighted by Gasteiger charge is 2.33. The van der Waals surface area contributed by atoms with E-state index in [0.717, 1.165) is 39.0 Å². The molecule has 0 spiro atoms. The zero-order valence-electron chi connectivity index (χ0n) is 18.3. The summed E-state index contributed by atoms with van der Waals surface area (Å²) in [5.41, 5.74) is 5.41. The predicted octanol–water partition coefficient (Wildman–Crippen LogP) is 5.73. The molecule has 0 aliphatic carbocycles. The van der Waals surface area contributed by atoms with E-state index in [-0.39, 0.29) is 6.17 Å². The average Bonchev–Trinajstić information content (AvgIpc) is 3.29. The summed E-state index contributed by atoms with van der Waals surface area (Å²) in [5, 5.41) is 2.33. The van der Waals surface area contributed by atoms with Crippen LogP contribution in [0.1, 0.15) is 26.3 Å². The van der Waals surface area contributed by atoms with Crippen LogP contribution in [0.25, 0.3) is 33.2 Å². The second-order valence-corrected chi connectivity index (χ2v) is 8.44. The van der Waals surface area contributed by atoms with Crippen molar-refractivity contribution in [1.82, 2.24) is 4.90 Å². The van der Waals surface area contributed by atoms with Crippen molar-refractivity contribution in [3.8, 4) is 11.3 Å². The summed E-state index contributed by atoms with van der Waals surface area (Å²) in [6.45, 7) is 8.87. The second-order valence-electron chi connectivity index (χ2n) is 8.44. The van der Waals surface area contributed by atoms with Gasteiger partial charge in [0, 0.05) is 29.1 Å². The Morgan fingerprint density at radius 1 is 0.933 bits per heavy atom. The maximum atomic E-state index is 6.36. The second kappa shape index (κ2) is 6.91. The van der Waals surface area contributed by atoms with Crippen LogP contribution in [-0.4, -0.2) is 17.1 Å². The number of benzene rings is 2. The number of aryl methyl sites for hydroxylation is 1. The van der Waals surface area contributed by atoms with E-state index >= 15 is 0 Å². The van der Waals surface area contributed by atoms with Gasteiger partial charge in [0.2, 0.25) is 0 Å². The average molecular weight is 399 g/mol. The molecule has 2 aromatic carbocycles. The Morgan fingerprint density at radius 3 is 2.50 bits per heavy atom. The van der Waals surface area contributed by atoms with Gasteiger partial charge >= 0.3 is 0 Å². The SMILES string of the molecule is Cc1ccc2c(oc3ccccc32)c1-c1cccc(N2C=CN(C(C)C)[C@H]2C)[n+]1C. The van der Waals surface area contributed by atoms with Gasteiger partial charge in [-0.05, 0) is 51.5 Å². The van der Waals surface area contributed by atoms with Crippen LogP contribution in [0.5, 0.6) is 0 Å². The molecule has 1 aliphatic heterocycles. The number of hydrogen-bond acceptors (Lipinski definition) is 3. The van der Waals surface area contributed by atoms with Crippen molar-refractivity contribution in [2.45, 2.75) is 39.9 Å². The Morgan fingerprint density at radius 2 is 1.73 bits per heavy atom. The first kappa shape index (κ1) is 18.7. The van der Waals surface area contributed by atoms with Crippen LogP contribution in [0.3, 0.4) is 0 Å². The van der Waals surface area contributed by atoms with E-state index < -0.39 is 0 Å². The lowest BCUT2D eigenvalue weighted by atomic mass is 10.0. The summed E-state index contributed by atoms with van der Waals surface area (Å²) >= 11 is 0. The summed E-state index contributed by atoms with van der Waals surface area (Å²) in [4.78, 5) is 4.70. The molecular formula is C26H28N3O+. The molecule has 5 rings (SSSR count). The minimum Gasteiger partial charge on any atom is -0.455 e. The third-order valence-electron chi connectivity index (χ3n) is 6.31. The highest BCUT2D eigenvalue weighted by atomic mass is 16.3. The molecule has 0 N–H and O–H groups in total. The smallest absolute Gasteiger partial charge is 0.283 e. The molecule has 0 bridgehead atoms. The Labute approximate surface area is 177 Å². The van der Waals surface area contributed by atoms with Gasteiger partial charge < -0.3 is 9.32 Å². The Kier molecular flexibility index (Phi) is 4.31. The van der Waals surface area contributed by atoms with E-state index in [1.54, 1.807) is 0 Å². The van der Waals surface area contributed by atoms with Crippen LogP contribution >= 0.6 is 0 Å². The van der Waals surface area contributed by atoms with E-state index in [2.05, 4.69) is 104 Å². The third kappa shape index (κ3) is 2.71. The minimum atomic E-state index is 0.273. The van der Waals surface area contributed by atoms with Crippen LogP contribution in [0.15, 0.2) is 71.4 Å². The van der Waals surface area contributed by atoms with Crippen molar-refractivity contribution in [1.29, 1.82) is 0 Å². The van der Waals surface area contributed by atoms with E-state index in [1.165, 1.54) is 5.56 Å². The lowest BCUT2D eigenvalue weighted by molar-refractivity contribution is -0.647. The van der Waals surface area contributed by atoms with Gasteiger partial charge in [-0.1, -0.05) is 30.3 Å². The lowest BCUT2D eigenvalue weighted by Gasteiger charge is -2.28. The molecule has 0 fully saturated rings. The monoisotopic (exact) mass is 398 g/mol. The number of furan rings is 1. The molecule has 4 aromatic rings. The van der Waals surface area contributed by atoms with Crippen molar-refractivity contribution >= 4 is 27.8 Å². The fraction of sp³-hybridized carbons (Fsp3) is 0.269. The van der Waals surface area contributed by atoms with Crippen LogP contribution in [0, 0.1) is 6.92 Å². The predicted molar refractivity (Wildman–Crippen MR) is 123 cm³/mol. The number of hydrogen-bond donors (Lipinski definition) is 0. The van der Waals surface area contributed by atoms with E-state index in [1.807, 2.05) is 12.1 Å². The molecule has 1 aliphatic rings. The molecule has 0 amide bonds. The normalized spacial score (nSPS) is 16.5. The van der Waals surface area contributed by atoms with Gasteiger partial charge in [-0.15, -0.1) is 0 Å². The summed E-state index contributed by atoms with van der Waals surface area (Å²) in [5.74, 6) is 1.16. The molecule has 0 unspecified atom stereocenters. The van der Waals surface area contributed by atoms with Gasteiger partial charge in [0.15, 0.2) is 6.17 Å². The Hall–Kier alpha value is -3.27. The fourth-order valence-corrected chi connectivity index (χ4v) is 4.70. The molecule has 1 atom stereocenters. The highest BCUT2D eigenvalue weighted by molar-refractivity contribution is 6.09. The summed E-state index contributed by atoms with van der Waals surface area (Å²) in [6, 6.07) is 19.6. The van der Waals surface area contributed by atoms with Crippen LogP contribution in [0.4, 0.5) is 5.82 Å². The first-order valence-electron chi connectivity index (χ1n) is 10.6. The van der Waals surface area contributed by atoms with E-state index in [0.29, 0.717) is 6.04 Å². The van der Waals surface area contributed by atoms with Crippen LogP contribution < -0.4 is 9.47 Å². The summed E-state index contributed by atoms with van der Waals surface area (Å²) in [6.07, 6.45) is 4.64. The van der Waals surface area contributed by atoms with Crippen LogP contribution in [-0.2, 0) is 7.05 Å². The number of rotatable bonds is 3. The number of nitrogens with zero attached hydrogens (tertiary/aromatic N) is 3. The van der Waals surface area contributed by atoms with E-state index in [4.69, 9.17) is 4.42 Å². The van der Waals surface area contributed by atoms with Crippen molar-refractivity contribution in [3.63, 3.8) is 0 Å². The highest BCUT2D eigenvalue weighted by Crippen LogP contribution is 2.37. The van der Waals surface area contributed by atoms with Gasteiger partial charge in [0.1, 0.15) is 23.1 Å². The molecule has 0 saturated carbocycles. The topological polar surface area (TPSA) is 23.5 Å². The molecule has 3 heterocycles. The number of anilines is 1. The zero-order chi connectivity index (χ0) is 21.0. The quantitative estimate of drug-likeness (QED) is 0.412. The molecule has 152 valence electrons. The first-order valence-corrected chi connectivity index (χ1v) is 10.6. The summed E-state index contributed by atoms with van der Waals surface area (Å²) < 4.78 is 8.64. The molecule has 4 nitrogen and oxygen atoms in total. The standard InChI is InChI=1S/C26H28N3O/c1-17(2)28-15-16-29(19(28)4)24-12-8-10-22(27(24)5)25-18(3)13-14-21-20-9-6-7-11-23(20)30-26(21)25/h6-17,19H,1-5H3/q+1/t19-/m1/s1. The third-order valence-corrected chi connectivity index (χ3v) is 6.31. The number of aromatic nitrogens is 1. The van der Waals surface area contributed by atoms with Crippen molar-refractivity contribution < 1.29 is 8.98 Å². The molecule has 2 aromatic heterocycles.